The van der Waals surface area contributed by atoms with E-state index in [4.69, 9.17) is 37.0 Å². The first-order chi connectivity index (χ1) is 45.7. The van der Waals surface area contributed by atoms with Crippen molar-refractivity contribution in [1.82, 2.24) is 0 Å². The molecule has 0 rings (SSSR count). The molecule has 0 aliphatic heterocycles. The molecule has 94 heavy (non-hydrogen) atoms. The van der Waals surface area contributed by atoms with Crippen LogP contribution in [0.15, 0.2) is 24.3 Å². The zero-order valence-corrected chi connectivity index (χ0v) is 62.2. The quantitative estimate of drug-likeness (QED) is 0.0169. The highest BCUT2D eigenvalue weighted by Gasteiger charge is 2.30. The highest BCUT2D eigenvalue weighted by molar-refractivity contribution is 7.47. The van der Waals surface area contributed by atoms with Crippen LogP contribution in [0.5, 0.6) is 0 Å². The summed E-state index contributed by atoms with van der Waals surface area (Å²) in [4.78, 5) is 72.8. The lowest BCUT2D eigenvalue weighted by Gasteiger charge is -2.21. The molecule has 0 aromatic rings. The number of aliphatic hydroxyl groups excluding tert-OH is 1. The molecule has 0 bridgehead atoms. The molecule has 2 unspecified atom stereocenters. The number of ether oxygens (including phenoxy) is 4. The summed E-state index contributed by atoms with van der Waals surface area (Å²) in [5, 5.41) is 10.6. The molecule has 17 nitrogen and oxygen atoms in total. The van der Waals surface area contributed by atoms with E-state index in [0.717, 1.165) is 122 Å². The van der Waals surface area contributed by atoms with E-state index in [1.54, 1.807) is 0 Å². The molecule has 19 heteroatoms. The third-order valence-corrected chi connectivity index (χ3v) is 18.8. The number of aliphatic hydroxyl groups is 1. The van der Waals surface area contributed by atoms with Gasteiger partial charge in [-0.1, -0.05) is 296 Å². The standard InChI is InChI=1S/C75H142O17P2/c1-5-9-13-17-21-25-29-33-34-38-42-46-50-54-58-62-75(80)92-71(66-86-73(78)60-56-52-48-44-40-36-31-27-23-19-15-11-7-3)68-90-94(83,84)88-64-69(76)63-87-93(81,82)89-67-70(91-74(79)61-57-53-49-45-41-37-32-28-24-20-16-12-8-4)65-85-72(77)59-55-51-47-43-39-35-30-26-22-18-14-10-6-2/h26,28,30,32,69-71,76H,5-25,27,29,31,33-68H2,1-4H3,(H,81,82)(H,83,84)/b30-26-,32-28-/t69-,70-,71-/m1/s1. The smallest absolute Gasteiger partial charge is 0.462 e. The maximum absolute atomic E-state index is 13.1. The van der Waals surface area contributed by atoms with Crippen LogP contribution >= 0.6 is 15.6 Å². The van der Waals surface area contributed by atoms with Gasteiger partial charge in [-0.05, 0) is 77.0 Å². The predicted octanol–water partition coefficient (Wildman–Crippen LogP) is 21.8. The van der Waals surface area contributed by atoms with Crippen molar-refractivity contribution >= 4 is 39.5 Å². The molecule has 3 N–H and O–H groups in total. The van der Waals surface area contributed by atoms with Crippen LogP contribution in [0.25, 0.3) is 0 Å². The van der Waals surface area contributed by atoms with Crippen molar-refractivity contribution < 1.29 is 80.2 Å². The van der Waals surface area contributed by atoms with Gasteiger partial charge in [-0.2, -0.15) is 0 Å². The number of hydrogen-bond donors (Lipinski definition) is 3. The molecule has 0 fully saturated rings. The van der Waals surface area contributed by atoms with Gasteiger partial charge in [0.15, 0.2) is 12.2 Å². The van der Waals surface area contributed by atoms with Gasteiger partial charge in [0.2, 0.25) is 0 Å². The zero-order chi connectivity index (χ0) is 69.0. The van der Waals surface area contributed by atoms with Crippen LogP contribution in [0.2, 0.25) is 0 Å². The van der Waals surface area contributed by atoms with Crippen LogP contribution < -0.4 is 0 Å². The number of hydrogen-bond acceptors (Lipinski definition) is 15. The normalized spacial score (nSPS) is 14.1. The summed E-state index contributed by atoms with van der Waals surface area (Å²) in [6.45, 7) is 4.91. The van der Waals surface area contributed by atoms with Crippen molar-refractivity contribution in [3.8, 4) is 0 Å². The number of phosphoric acid groups is 2. The molecular formula is C75H142O17P2. The first-order valence-corrected chi connectivity index (χ1v) is 41.6. The van der Waals surface area contributed by atoms with Crippen molar-refractivity contribution in [3.05, 3.63) is 24.3 Å². The van der Waals surface area contributed by atoms with Crippen LogP contribution in [-0.2, 0) is 65.4 Å². The summed E-state index contributed by atoms with van der Waals surface area (Å²) < 4.78 is 68.5. The van der Waals surface area contributed by atoms with Crippen molar-refractivity contribution in [2.75, 3.05) is 39.6 Å². The highest BCUT2D eigenvalue weighted by atomic mass is 31.2. The van der Waals surface area contributed by atoms with Gasteiger partial charge in [-0.15, -0.1) is 0 Å². The van der Waals surface area contributed by atoms with E-state index in [-0.39, 0.29) is 25.7 Å². The lowest BCUT2D eigenvalue weighted by Crippen LogP contribution is -2.30. The van der Waals surface area contributed by atoms with Gasteiger partial charge < -0.3 is 33.8 Å². The summed E-state index contributed by atoms with van der Waals surface area (Å²) >= 11 is 0. The van der Waals surface area contributed by atoms with E-state index in [9.17, 15) is 43.2 Å². The molecule has 0 aromatic heterocycles. The second-order valence-electron chi connectivity index (χ2n) is 26.3. The molecular weight excluding hydrogens is 1230 g/mol. The Labute approximate surface area is 573 Å². The average molecular weight is 1380 g/mol. The van der Waals surface area contributed by atoms with E-state index in [1.165, 1.54) is 173 Å². The second kappa shape index (κ2) is 69.0. The topological polar surface area (TPSA) is 237 Å². The van der Waals surface area contributed by atoms with Crippen molar-refractivity contribution in [2.45, 2.75) is 393 Å². The Hall–Kier alpha value is -2.46. The minimum absolute atomic E-state index is 0.0905. The molecule has 5 atom stereocenters. The molecule has 0 aromatic carbocycles. The molecule has 0 radical (unpaired) electrons. The number of phosphoric ester groups is 2. The fourth-order valence-electron chi connectivity index (χ4n) is 11.0. The Kier molecular flexibility index (Phi) is 67.2. The first-order valence-electron chi connectivity index (χ1n) is 38.6. The summed E-state index contributed by atoms with van der Waals surface area (Å²) in [5.74, 6) is -2.15. The van der Waals surface area contributed by atoms with Crippen LogP contribution in [0.1, 0.15) is 374 Å². The average Bonchev–Trinajstić information content (AvgIpc) is 2.42. The van der Waals surface area contributed by atoms with E-state index in [0.29, 0.717) is 25.7 Å². The highest BCUT2D eigenvalue weighted by Crippen LogP contribution is 2.45. The van der Waals surface area contributed by atoms with Gasteiger partial charge >= 0.3 is 39.5 Å². The molecule has 0 aliphatic carbocycles. The Morgan fingerprint density at radius 1 is 0.287 bits per heavy atom. The van der Waals surface area contributed by atoms with Gasteiger partial charge in [-0.3, -0.25) is 37.3 Å². The number of rotatable bonds is 74. The SMILES string of the molecule is CCCCCC/C=C\CCCCCCCC(=O)OC[C@H](COP(=O)(O)OC[C@@H](O)COP(=O)(O)OC[C@@H](COC(=O)CCCCCCCCCCCCCCC)OC(=O)CCCCCCCCCCCCCCCCC)OC(=O)CCCCCCC/C=C\CCCCCC. The zero-order valence-electron chi connectivity index (χ0n) is 60.4. The van der Waals surface area contributed by atoms with Gasteiger partial charge in [0, 0.05) is 25.7 Å². The third kappa shape index (κ3) is 68.1. The van der Waals surface area contributed by atoms with Gasteiger partial charge in [0.1, 0.15) is 19.3 Å². The molecule has 554 valence electrons. The number of carbonyl (C=O) groups excluding carboxylic acids is 4. The Morgan fingerprint density at radius 2 is 0.489 bits per heavy atom. The Bertz CT molecular complexity index is 1880. The number of esters is 4. The van der Waals surface area contributed by atoms with Crippen molar-refractivity contribution in [2.24, 2.45) is 0 Å². The summed E-state index contributed by atoms with van der Waals surface area (Å²) in [5.41, 5.74) is 0. The van der Waals surface area contributed by atoms with Crippen LogP contribution in [0, 0.1) is 0 Å². The summed E-state index contributed by atoms with van der Waals surface area (Å²) in [6.07, 6.45) is 61.6. The van der Waals surface area contributed by atoms with Gasteiger partial charge in [-0.25, -0.2) is 9.13 Å². The fourth-order valence-corrected chi connectivity index (χ4v) is 12.6. The first kappa shape index (κ1) is 91.5. The van der Waals surface area contributed by atoms with E-state index >= 15 is 0 Å². The number of carbonyl (C=O) groups is 4. The van der Waals surface area contributed by atoms with Gasteiger partial charge in [0.25, 0.3) is 0 Å². The molecule has 0 aliphatic rings. The maximum atomic E-state index is 13.1. The Balaban J connectivity index is 5.29. The third-order valence-electron chi connectivity index (χ3n) is 16.9. The monoisotopic (exact) mass is 1380 g/mol. The largest absolute Gasteiger partial charge is 0.472 e. The van der Waals surface area contributed by atoms with E-state index < -0.39 is 97.5 Å². The lowest BCUT2D eigenvalue weighted by atomic mass is 10.0. The minimum atomic E-state index is -4.96. The predicted molar refractivity (Wildman–Crippen MR) is 381 cm³/mol. The van der Waals surface area contributed by atoms with E-state index in [1.807, 2.05) is 0 Å². The fraction of sp³-hybridized carbons (Fsp3) is 0.893. The molecule has 0 saturated carbocycles. The van der Waals surface area contributed by atoms with Gasteiger partial charge in [0.05, 0.1) is 26.4 Å². The van der Waals surface area contributed by atoms with Crippen molar-refractivity contribution in [3.63, 3.8) is 0 Å². The lowest BCUT2D eigenvalue weighted by molar-refractivity contribution is -0.161. The number of unbranched alkanes of at least 4 members (excludes halogenated alkanes) is 44. The van der Waals surface area contributed by atoms with Crippen LogP contribution in [0.3, 0.4) is 0 Å². The maximum Gasteiger partial charge on any atom is 0.472 e. The molecule has 0 saturated heterocycles. The number of allylic oxidation sites excluding steroid dienone is 4. The van der Waals surface area contributed by atoms with Crippen LogP contribution in [0.4, 0.5) is 0 Å². The van der Waals surface area contributed by atoms with Crippen LogP contribution in [-0.4, -0.2) is 96.7 Å². The van der Waals surface area contributed by atoms with Crippen molar-refractivity contribution in [1.29, 1.82) is 0 Å². The summed E-state index contributed by atoms with van der Waals surface area (Å²) in [7, 11) is -9.92. The minimum Gasteiger partial charge on any atom is -0.462 e. The molecule has 0 heterocycles. The Morgan fingerprint density at radius 3 is 0.745 bits per heavy atom. The second-order valence-corrected chi connectivity index (χ2v) is 29.2. The summed E-state index contributed by atoms with van der Waals surface area (Å²) in [6, 6.07) is 0. The molecule has 0 amide bonds. The molecule has 0 spiro atoms. The van der Waals surface area contributed by atoms with E-state index in [2.05, 4.69) is 52.0 Å².